The molecule has 0 spiro atoms. The number of nitrogens with zero attached hydrogens (tertiary/aromatic N) is 6. The van der Waals surface area contributed by atoms with Gasteiger partial charge in [-0.15, -0.1) is 0 Å². The number of fused-ring (bicyclic) bond motifs is 1. The molecular formula is C22H21F3N6O6S. The van der Waals surface area contributed by atoms with Gasteiger partial charge in [0.2, 0.25) is 5.82 Å². The third-order valence-electron chi connectivity index (χ3n) is 5.40. The van der Waals surface area contributed by atoms with Crippen LogP contribution >= 0.6 is 0 Å². The third kappa shape index (κ3) is 6.32. The molecular weight excluding hydrogens is 533 g/mol. The summed E-state index contributed by atoms with van der Waals surface area (Å²) in [5, 5.41) is 4.19. The number of rotatable bonds is 3. The van der Waals surface area contributed by atoms with Crippen LogP contribution in [0.3, 0.4) is 0 Å². The Labute approximate surface area is 213 Å². The monoisotopic (exact) mass is 554 g/mol. The van der Waals surface area contributed by atoms with Crippen LogP contribution in [0.15, 0.2) is 41.2 Å². The maximum absolute atomic E-state index is 12.9. The summed E-state index contributed by atoms with van der Waals surface area (Å²) >= 11 is 0. The molecule has 1 fully saturated rings. The van der Waals surface area contributed by atoms with Crippen molar-refractivity contribution in [2.24, 2.45) is 7.05 Å². The zero-order chi connectivity index (χ0) is 27.7. The molecule has 1 saturated heterocycles. The Hall–Kier alpha value is -3.89. The number of hydrogen-bond acceptors (Lipinski definition) is 9. The maximum atomic E-state index is 12.9. The molecule has 0 saturated carbocycles. The standard InChI is InChI=1S/C21H17F3N6O3.CH4O3S/c1-29-16(19(31)30-4-6-32-7-5-30)10-13-9-15(26-11-17(13)29)14-8-12(2-3-25-14)18-27-20(33-28-18)21(22,23)24;1-5(2,3)4/h2-3,8-11H,4-7H2,1H3;1H3,(H,2,3,4). The van der Waals surface area contributed by atoms with Gasteiger partial charge < -0.3 is 18.7 Å². The molecule has 4 aromatic heterocycles. The number of halogens is 3. The zero-order valence-corrected chi connectivity index (χ0v) is 20.8. The van der Waals surface area contributed by atoms with E-state index in [0.29, 0.717) is 55.2 Å². The van der Waals surface area contributed by atoms with E-state index < -0.39 is 22.2 Å². The number of amides is 1. The zero-order valence-electron chi connectivity index (χ0n) is 20.0. The van der Waals surface area contributed by atoms with Crippen molar-refractivity contribution in [1.29, 1.82) is 0 Å². The van der Waals surface area contributed by atoms with E-state index in [9.17, 15) is 26.4 Å². The molecule has 0 radical (unpaired) electrons. The summed E-state index contributed by atoms with van der Waals surface area (Å²) in [6.45, 7) is 2.09. The number of carbonyl (C=O) groups excluding carboxylic acids is 1. The number of morpholine rings is 1. The Morgan fingerprint density at radius 2 is 1.76 bits per heavy atom. The molecule has 5 heterocycles. The summed E-state index contributed by atoms with van der Waals surface area (Å²) < 4.78 is 75.6. The molecule has 1 aliphatic rings. The Morgan fingerprint density at radius 1 is 1.11 bits per heavy atom. The van der Waals surface area contributed by atoms with E-state index in [0.717, 1.165) is 10.9 Å². The molecule has 0 atom stereocenters. The largest absolute Gasteiger partial charge is 0.471 e. The fourth-order valence-corrected chi connectivity index (χ4v) is 3.67. The van der Waals surface area contributed by atoms with E-state index >= 15 is 0 Å². The molecule has 1 amide bonds. The molecule has 0 bridgehead atoms. The average molecular weight is 555 g/mol. The van der Waals surface area contributed by atoms with Crippen LogP contribution in [-0.2, 0) is 28.1 Å². The molecule has 12 nitrogen and oxygen atoms in total. The molecule has 1 aliphatic heterocycles. The highest BCUT2D eigenvalue weighted by molar-refractivity contribution is 7.85. The van der Waals surface area contributed by atoms with E-state index in [2.05, 4.69) is 24.6 Å². The minimum atomic E-state index is -4.72. The fraction of sp³-hybridized carbons (Fsp3) is 0.318. The molecule has 16 heteroatoms. The summed E-state index contributed by atoms with van der Waals surface area (Å²) in [6.07, 6.45) is -0.950. The van der Waals surface area contributed by atoms with Crippen LogP contribution in [0.5, 0.6) is 0 Å². The maximum Gasteiger partial charge on any atom is 0.471 e. The molecule has 1 N–H and O–H groups in total. The van der Waals surface area contributed by atoms with Gasteiger partial charge in [0.1, 0.15) is 5.69 Å². The second kappa shape index (κ2) is 10.5. The molecule has 0 unspecified atom stereocenters. The van der Waals surface area contributed by atoms with Gasteiger partial charge in [-0.05, 0) is 24.3 Å². The Morgan fingerprint density at radius 3 is 2.39 bits per heavy atom. The number of pyridine rings is 2. The summed E-state index contributed by atoms with van der Waals surface area (Å²) in [5.41, 5.74) is 2.49. The van der Waals surface area contributed by atoms with Gasteiger partial charge in [-0.25, -0.2) is 0 Å². The Balaban J connectivity index is 0.000000617. The van der Waals surface area contributed by atoms with E-state index in [4.69, 9.17) is 9.29 Å². The second-order valence-electron chi connectivity index (χ2n) is 8.21. The highest BCUT2D eigenvalue weighted by Crippen LogP contribution is 2.30. The predicted molar refractivity (Wildman–Crippen MR) is 126 cm³/mol. The van der Waals surface area contributed by atoms with Crippen molar-refractivity contribution in [3.63, 3.8) is 0 Å². The first-order valence-corrected chi connectivity index (χ1v) is 12.8. The van der Waals surface area contributed by atoms with Crippen molar-refractivity contribution < 1.29 is 40.2 Å². The smallest absolute Gasteiger partial charge is 0.378 e. The molecule has 0 aliphatic carbocycles. The Kier molecular flexibility index (Phi) is 7.48. The van der Waals surface area contributed by atoms with Crippen LogP contribution in [-0.4, -0.2) is 81.0 Å². The van der Waals surface area contributed by atoms with Gasteiger partial charge in [-0.2, -0.15) is 26.6 Å². The average Bonchev–Trinajstić information content (AvgIpc) is 3.49. The fourth-order valence-electron chi connectivity index (χ4n) is 3.67. The minimum absolute atomic E-state index is 0.0868. The van der Waals surface area contributed by atoms with E-state index in [1.807, 2.05) is 0 Å². The summed E-state index contributed by atoms with van der Waals surface area (Å²) in [4.78, 5) is 26.8. The van der Waals surface area contributed by atoms with Crippen molar-refractivity contribution in [2.45, 2.75) is 6.18 Å². The van der Waals surface area contributed by atoms with Gasteiger partial charge >= 0.3 is 12.1 Å². The topological polar surface area (TPSA) is 154 Å². The number of hydrogen-bond donors (Lipinski definition) is 1. The number of alkyl halides is 3. The lowest BCUT2D eigenvalue weighted by molar-refractivity contribution is -0.159. The number of carbonyl (C=O) groups is 1. The first kappa shape index (κ1) is 27.2. The van der Waals surface area contributed by atoms with Crippen LogP contribution in [0.4, 0.5) is 13.2 Å². The highest BCUT2D eigenvalue weighted by Gasteiger charge is 2.38. The van der Waals surface area contributed by atoms with Gasteiger partial charge in [0.15, 0.2) is 0 Å². The molecule has 4 aromatic rings. The van der Waals surface area contributed by atoms with Crippen LogP contribution in [0.1, 0.15) is 16.4 Å². The van der Waals surface area contributed by atoms with Gasteiger partial charge in [0.25, 0.3) is 16.0 Å². The number of aromatic nitrogens is 5. The SMILES string of the molecule is CS(=O)(=O)O.Cn1c(C(=O)N2CCOCC2)cc2cc(-c3cc(-c4noc(C(F)(F)F)n4)ccn3)ncc21. The van der Waals surface area contributed by atoms with Gasteiger partial charge in [-0.1, -0.05) is 5.16 Å². The first-order chi connectivity index (χ1) is 17.8. The molecule has 0 aromatic carbocycles. The van der Waals surface area contributed by atoms with Gasteiger partial charge in [0.05, 0.1) is 42.6 Å². The molecule has 202 valence electrons. The van der Waals surface area contributed by atoms with Crippen molar-refractivity contribution >= 4 is 26.9 Å². The highest BCUT2D eigenvalue weighted by atomic mass is 32.2. The molecule has 5 rings (SSSR count). The van der Waals surface area contributed by atoms with E-state index in [1.54, 1.807) is 34.8 Å². The molecule has 38 heavy (non-hydrogen) atoms. The van der Waals surface area contributed by atoms with Gasteiger partial charge in [-0.3, -0.25) is 19.3 Å². The summed E-state index contributed by atoms with van der Waals surface area (Å²) in [5.74, 6) is -1.71. The minimum Gasteiger partial charge on any atom is -0.378 e. The lowest BCUT2D eigenvalue weighted by Gasteiger charge is -2.26. The van der Waals surface area contributed by atoms with Crippen LogP contribution in [0.25, 0.3) is 33.7 Å². The lowest BCUT2D eigenvalue weighted by atomic mass is 10.1. The van der Waals surface area contributed by atoms with E-state index in [1.165, 1.54) is 18.3 Å². The Bertz CT molecular complexity index is 1570. The van der Waals surface area contributed by atoms with Crippen LogP contribution in [0.2, 0.25) is 0 Å². The third-order valence-corrected chi connectivity index (χ3v) is 5.40. The summed E-state index contributed by atoms with van der Waals surface area (Å²) in [6, 6.07) is 6.57. The quantitative estimate of drug-likeness (QED) is 0.374. The lowest BCUT2D eigenvalue weighted by Crippen LogP contribution is -2.41. The normalized spacial score (nSPS) is 14.3. The van der Waals surface area contributed by atoms with E-state index in [-0.39, 0.29) is 11.7 Å². The van der Waals surface area contributed by atoms with Crippen molar-refractivity contribution in [3.05, 3.63) is 48.2 Å². The predicted octanol–water partition coefficient (Wildman–Crippen LogP) is 2.68. The second-order valence-corrected chi connectivity index (χ2v) is 9.67. The van der Waals surface area contributed by atoms with Crippen LogP contribution in [0, 0.1) is 0 Å². The summed E-state index contributed by atoms with van der Waals surface area (Å²) in [7, 11) is -1.87. The van der Waals surface area contributed by atoms with Crippen molar-refractivity contribution in [2.75, 3.05) is 32.6 Å². The first-order valence-electron chi connectivity index (χ1n) is 10.9. The van der Waals surface area contributed by atoms with Crippen molar-refractivity contribution in [1.82, 2.24) is 29.6 Å². The van der Waals surface area contributed by atoms with Crippen LogP contribution < -0.4 is 0 Å². The number of ether oxygens (including phenoxy) is 1. The number of aryl methyl sites for hydroxylation is 1. The van der Waals surface area contributed by atoms with Gasteiger partial charge in [0, 0.05) is 37.3 Å². The van der Waals surface area contributed by atoms with Crippen molar-refractivity contribution in [3.8, 4) is 22.8 Å².